The van der Waals surface area contributed by atoms with Gasteiger partial charge in [-0.05, 0) is 56.9 Å². The molecule has 3 nitrogen and oxygen atoms in total. The Morgan fingerprint density at radius 1 is 1.00 bits per heavy atom. The predicted molar refractivity (Wildman–Crippen MR) is 106 cm³/mol. The topological polar surface area (TPSA) is 32.7 Å². The molecule has 3 rings (SSSR count). The van der Waals surface area contributed by atoms with Crippen LogP contribution in [-0.2, 0) is 13.0 Å². The van der Waals surface area contributed by atoms with Gasteiger partial charge in [-0.15, -0.1) is 0 Å². The molecule has 1 fully saturated rings. The van der Waals surface area contributed by atoms with E-state index in [1.807, 2.05) is 12.1 Å². The Hall–Kier alpha value is -1.84. The molecule has 1 heterocycles. The Morgan fingerprint density at radius 3 is 2.35 bits per heavy atom. The van der Waals surface area contributed by atoms with Gasteiger partial charge in [0.1, 0.15) is 11.4 Å². The molecule has 2 unspecified atom stereocenters. The van der Waals surface area contributed by atoms with Crippen molar-refractivity contribution in [3.8, 4) is 5.75 Å². The Morgan fingerprint density at radius 2 is 1.69 bits per heavy atom. The van der Waals surface area contributed by atoms with Crippen molar-refractivity contribution < 1.29 is 9.84 Å². The first kappa shape index (κ1) is 18.9. The summed E-state index contributed by atoms with van der Waals surface area (Å²) in [5, 5.41) is 10.5. The van der Waals surface area contributed by atoms with Crippen LogP contribution in [0.1, 0.15) is 38.3 Å². The Bertz CT molecular complexity index is 676. The van der Waals surface area contributed by atoms with E-state index in [0.717, 1.165) is 38.2 Å². The van der Waals surface area contributed by atoms with Crippen LogP contribution in [0.25, 0.3) is 0 Å². The zero-order chi connectivity index (χ0) is 18.6. The van der Waals surface area contributed by atoms with Crippen LogP contribution >= 0.6 is 0 Å². The summed E-state index contributed by atoms with van der Waals surface area (Å²) >= 11 is 0. The molecule has 0 radical (unpaired) electrons. The van der Waals surface area contributed by atoms with Crippen LogP contribution in [0.5, 0.6) is 5.75 Å². The van der Waals surface area contributed by atoms with E-state index < -0.39 is 0 Å². The molecule has 0 aliphatic carbocycles. The molecular weight excluding hydrogens is 322 g/mol. The van der Waals surface area contributed by atoms with Gasteiger partial charge in [-0.1, -0.05) is 42.5 Å². The first-order valence-corrected chi connectivity index (χ1v) is 9.61. The van der Waals surface area contributed by atoms with E-state index in [9.17, 15) is 5.11 Å². The highest BCUT2D eigenvalue weighted by Crippen LogP contribution is 2.25. The standard InChI is InChI=1S/C23H31NO2/c1-23(2,3)26-21-11-9-18(10-12-21)15-20-17-24(14-13-22(20)25)16-19-7-5-4-6-8-19/h4-12,20,22,25H,13-17H2,1-3H3. The second-order valence-corrected chi connectivity index (χ2v) is 8.40. The van der Waals surface area contributed by atoms with Crippen molar-refractivity contribution in [1.82, 2.24) is 4.90 Å². The van der Waals surface area contributed by atoms with E-state index in [0.29, 0.717) is 0 Å². The molecule has 1 N–H and O–H groups in total. The summed E-state index contributed by atoms with van der Waals surface area (Å²) in [6.07, 6.45) is 1.54. The maximum atomic E-state index is 10.5. The molecule has 26 heavy (non-hydrogen) atoms. The maximum absolute atomic E-state index is 10.5. The van der Waals surface area contributed by atoms with E-state index >= 15 is 0 Å². The van der Waals surface area contributed by atoms with Crippen LogP contribution in [0, 0.1) is 5.92 Å². The van der Waals surface area contributed by atoms with E-state index in [1.165, 1.54) is 11.1 Å². The number of hydrogen-bond donors (Lipinski definition) is 1. The summed E-state index contributed by atoms with van der Waals surface area (Å²) in [5.41, 5.74) is 2.42. The minimum Gasteiger partial charge on any atom is -0.488 e. The van der Waals surface area contributed by atoms with Crippen molar-refractivity contribution in [3.63, 3.8) is 0 Å². The zero-order valence-electron chi connectivity index (χ0n) is 16.2. The average molecular weight is 354 g/mol. The van der Waals surface area contributed by atoms with Crippen LogP contribution in [0.15, 0.2) is 54.6 Å². The molecule has 0 spiro atoms. The Labute approximate surface area is 157 Å². The van der Waals surface area contributed by atoms with Gasteiger partial charge >= 0.3 is 0 Å². The molecule has 3 heteroatoms. The molecule has 0 saturated carbocycles. The van der Waals surface area contributed by atoms with Crippen LogP contribution in [0.2, 0.25) is 0 Å². The second kappa shape index (κ2) is 8.24. The number of piperidine rings is 1. The molecule has 2 aromatic carbocycles. The number of rotatable bonds is 5. The zero-order valence-corrected chi connectivity index (χ0v) is 16.2. The van der Waals surface area contributed by atoms with Gasteiger partial charge in [-0.2, -0.15) is 0 Å². The number of hydrogen-bond acceptors (Lipinski definition) is 3. The van der Waals surface area contributed by atoms with Gasteiger partial charge in [-0.25, -0.2) is 0 Å². The van der Waals surface area contributed by atoms with E-state index in [-0.39, 0.29) is 17.6 Å². The molecular formula is C23H31NO2. The van der Waals surface area contributed by atoms with Crippen molar-refractivity contribution >= 4 is 0 Å². The monoisotopic (exact) mass is 353 g/mol. The fraction of sp³-hybridized carbons (Fsp3) is 0.478. The minimum absolute atomic E-state index is 0.182. The number of ether oxygens (including phenoxy) is 1. The summed E-state index contributed by atoms with van der Waals surface area (Å²) in [5.74, 6) is 1.18. The third kappa shape index (κ3) is 5.58. The lowest BCUT2D eigenvalue weighted by Gasteiger charge is -2.36. The fourth-order valence-electron chi connectivity index (χ4n) is 3.63. The number of benzene rings is 2. The number of aliphatic hydroxyl groups is 1. The molecule has 2 aromatic rings. The van der Waals surface area contributed by atoms with Gasteiger partial charge in [0.2, 0.25) is 0 Å². The number of likely N-dealkylation sites (tertiary alicyclic amines) is 1. The first-order chi connectivity index (χ1) is 12.4. The van der Waals surface area contributed by atoms with Crippen LogP contribution in [0.4, 0.5) is 0 Å². The van der Waals surface area contributed by atoms with E-state index in [2.05, 4.69) is 68.1 Å². The summed E-state index contributed by atoms with van der Waals surface area (Å²) in [6.45, 7) is 9.03. The van der Waals surface area contributed by atoms with Gasteiger partial charge in [0, 0.05) is 25.6 Å². The molecule has 1 aliphatic heterocycles. The van der Waals surface area contributed by atoms with Crippen molar-refractivity contribution in [2.45, 2.75) is 51.9 Å². The normalized spacial score (nSPS) is 21.5. The lowest BCUT2D eigenvalue weighted by molar-refractivity contribution is 0.0239. The first-order valence-electron chi connectivity index (χ1n) is 9.61. The Balaban J connectivity index is 1.59. The van der Waals surface area contributed by atoms with Gasteiger partial charge < -0.3 is 9.84 Å². The van der Waals surface area contributed by atoms with Gasteiger partial charge in [-0.3, -0.25) is 4.90 Å². The van der Waals surface area contributed by atoms with Crippen molar-refractivity contribution in [2.75, 3.05) is 13.1 Å². The van der Waals surface area contributed by atoms with Crippen molar-refractivity contribution in [3.05, 3.63) is 65.7 Å². The molecule has 1 saturated heterocycles. The highest BCUT2D eigenvalue weighted by atomic mass is 16.5. The summed E-state index contributed by atoms with van der Waals surface area (Å²) in [6, 6.07) is 18.9. The minimum atomic E-state index is -0.215. The van der Waals surface area contributed by atoms with E-state index in [4.69, 9.17) is 4.74 Å². The SMILES string of the molecule is CC(C)(C)Oc1ccc(CC2CN(Cc3ccccc3)CCC2O)cc1. The van der Waals surface area contributed by atoms with Gasteiger partial charge in [0.05, 0.1) is 6.10 Å². The van der Waals surface area contributed by atoms with E-state index in [1.54, 1.807) is 0 Å². The molecule has 0 amide bonds. The largest absolute Gasteiger partial charge is 0.488 e. The Kier molecular flexibility index (Phi) is 6.00. The summed E-state index contributed by atoms with van der Waals surface area (Å²) in [4.78, 5) is 2.46. The maximum Gasteiger partial charge on any atom is 0.120 e. The highest BCUT2D eigenvalue weighted by molar-refractivity contribution is 5.28. The second-order valence-electron chi connectivity index (χ2n) is 8.40. The highest BCUT2D eigenvalue weighted by Gasteiger charge is 2.27. The number of aliphatic hydroxyl groups excluding tert-OH is 1. The fourth-order valence-corrected chi connectivity index (χ4v) is 3.63. The summed E-state index contributed by atoms with van der Waals surface area (Å²) in [7, 11) is 0. The molecule has 1 aliphatic rings. The smallest absolute Gasteiger partial charge is 0.120 e. The van der Waals surface area contributed by atoms with Gasteiger partial charge in [0.25, 0.3) is 0 Å². The van der Waals surface area contributed by atoms with Crippen LogP contribution in [0.3, 0.4) is 0 Å². The molecule has 0 bridgehead atoms. The molecule has 2 atom stereocenters. The van der Waals surface area contributed by atoms with Crippen molar-refractivity contribution in [2.24, 2.45) is 5.92 Å². The third-order valence-electron chi connectivity index (χ3n) is 4.87. The predicted octanol–water partition coefficient (Wildman–Crippen LogP) is 4.29. The number of nitrogens with zero attached hydrogens (tertiary/aromatic N) is 1. The third-order valence-corrected chi connectivity index (χ3v) is 4.87. The van der Waals surface area contributed by atoms with Gasteiger partial charge in [0.15, 0.2) is 0 Å². The molecule has 140 valence electrons. The average Bonchev–Trinajstić information content (AvgIpc) is 2.59. The van der Waals surface area contributed by atoms with Crippen molar-refractivity contribution in [1.29, 1.82) is 0 Å². The quantitative estimate of drug-likeness (QED) is 0.870. The molecule has 0 aromatic heterocycles. The van der Waals surface area contributed by atoms with Crippen LogP contribution < -0.4 is 4.74 Å². The lowest BCUT2D eigenvalue weighted by Crippen LogP contribution is -2.43. The lowest BCUT2D eigenvalue weighted by atomic mass is 9.88. The summed E-state index contributed by atoms with van der Waals surface area (Å²) < 4.78 is 5.89. The van der Waals surface area contributed by atoms with Crippen LogP contribution in [-0.4, -0.2) is 34.8 Å².